The van der Waals surface area contributed by atoms with Crippen LogP contribution in [0.25, 0.3) is 0 Å². The molecule has 0 bridgehead atoms. The van der Waals surface area contributed by atoms with E-state index in [0.29, 0.717) is 30.7 Å². The number of nitrogens with zero attached hydrogens (tertiary/aromatic N) is 2. The van der Waals surface area contributed by atoms with Crippen molar-refractivity contribution in [3.8, 4) is 5.88 Å². The Morgan fingerprint density at radius 2 is 2.17 bits per heavy atom. The number of ether oxygens (including phenoxy) is 1. The predicted molar refractivity (Wildman–Crippen MR) is 69.7 cm³/mol. The first-order chi connectivity index (χ1) is 8.65. The van der Waals surface area contributed by atoms with Gasteiger partial charge in [-0.25, -0.2) is 4.98 Å². The zero-order valence-corrected chi connectivity index (χ0v) is 11.1. The lowest BCUT2D eigenvalue weighted by atomic mass is 10.4. The van der Waals surface area contributed by atoms with Crippen LogP contribution in [0.1, 0.15) is 26.1 Å². The minimum atomic E-state index is -0.0499. The fraction of sp³-hybridized carbons (Fsp3) is 0.583. The van der Waals surface area contributed by atoms with Crippen LogP contribution in [-0.4, -0.2) is 35.6 Å². The van der Waals surface area contributed by atoms with Gasteiger partial charge in [-0.3, -0.25) is 4.79 Å². The summed E-state index contributed by atoms with van der Waals surface area (Å²) in [5.41, 5.74) is 0. The van der Waals surface area contributed by atoms with Gasteiger partial charge in [-0.2, -0.15) is 4.98 Å². The molecule has 0 unspecified atom stereocenters. The van der Waals surface area contributed by atoms with Gasteiger partial charge in [0.2, 0.25) is 11.8 Å². The van der Waals surface area contributed by atoms with E-state index in [1.165, 1.54) is 0 Å². The lowest BCUT2D eigenvalue weighted by Gasteiger charge is -2.08. The Hall–Kier alpha value is -1.85. The minimum absolute atomic E-state index is 0.0499. The molecule has 0 saturated carbocycles. The summed E-state index contributed by atoms with van der Waals surface area (Å²) in [5.74, 6) is 1.67. The summed E-state index contributed by atoms with van der Waals surface area (Å²) < 4.78 is 5.31. The molecule has 18 heavy (non-hydrogen) atoms. The molecular weight excluding hydrogens is 232 g/mol. The first-order valence-electron chi connectivity index (χ1n) is 6.14. The fourth-order valence-electron chi connectivity index (χ4n) is 1.35. The van der Waals surface area contributed by atoms with Gasteiger partial charge in [-0.05, 0) is 20.3 Å². The second kappa shape index (κ2) is 7.47. The first kappa shape index (κ1) is 14.2. The molecule has 6 nitrogen and oxygen atoms in total. The Balaban J connectivity index is 2.53. The highest BCUT2D eigenvalue weighted by Gasteiger charge is 2.04. The van der Waals surface area contributed by atoms with E-state index in [-0.39, 0.29) is 12.5 Å². The van der Waals surface area contributed by atoms with Crippen LogP contribution in [0.2, 0.25) is 0 Å². The Bertz CT molecular complexity index is 396. The Labute approximate surface area is 107 Å². The van der Waals surface area contributed by atoms with Gasteiger partial charge in [-0.15, -0.1) is 0 Å². The molecule has 0 aliphatic heterocycles. The third-order valence-electron chi connectivity index (χ3n) is 2.11. The number of aromatic nitrogens is 2. The zero-order valence-electron chi connectivity index (χ0n) is 11.1. The Morgan fingerprint density at radius 3 is 2.83 bits per heavy atom. The van der Waals surface area contributed by atoms with E-state index in [9.17, 15) is 4.79 Å². The van der Waals surface area contributed by atoms with Gasteiger partial charge >= 0.3 is 0 Å². The lowest BCUT2D eigenvalue weighted by Crippen LogP contribution is -2.30. The second-order valence-electron chi connectivity index (χ2n) is 3.78. The quantitative estimate of drug-likeness (QED) is 0.760. The maximum Gasteiger partial charge on any atom is 0.239 e. The topological polar surface area (TPSA) is 76.1 Å². The second-order valence-corrected chi connectivity index (χ2v) is 3.78. The molecule has 0 aliphatic rings. The number of aryl methyl sites for hydroxylation is 1. The number of hydrogen-bond donors (Lipinski definition) is 2. The third kappa shape index (κ3) is 4.99. The lowest BCUT2D eigenvalue weighted by molar-refractivity contribution is -0.119. The van der Waals surface area contributed by atoms with Crippen LogP contribution in [0.5, 0.6) is 5.88 Å². The van der Waals surface area contributed by atoms with Gasteiger partial charge in [-0.1, -0.05) is 6.92 Å². The molecule has 1 aromatic rings. The average Bonchev–Trinajstić information content (AvgIpc) is 2.33. The van der Waals surface area contributed by atoms with Crippen LogP contribution >= 0.6 is 0 Å². The van der Waals surface area contributed by atoms with Crippen LogP contribution in [0.4, 0.5) is 5.82 Å². The highest BCUT2D eigenvalue weighted by Crippen LogP contribution is 2.12. The van der Waals surface area contributed by atoms with Crippen LogP contribution in [0.3, 0.4) is 0 Å². The molecule has 1 aromatic heterocycles. The summed E-state index contributed by atoms with van der Waals surface area (Å²) in [6.07, 6.45) is 0.923. The molecule has 1 rings (SSSR count). The summed E-state index contributed by atoms with van der Waals surface area (Å²) in [5, 5.41) is 5.73. The van der Waals surface area contributed by atoms with Crippen LogP contribution in [-0.2, 0) is 4.79 Å². The summed E-state index contributed by atoms with van der Waals surface area (Å²) in [6, 6.07) is 1.68. The van der Waals surface area contributed by atoms with Gasteiger partial charge in [0.25, 0.3) is 0 Å². The summed E-state index contributed by atoms with van der Waals surface area (Å²) >= 11 is 0. The van der Waals surface area contributed by atoms with E-state index in [1.807, 2.05) is 13.8 Å². The SMILES string of the molecule is CCCNC(=O)CNc1cc(OCC)nc(C)n1. The monoisotopic (exact) mass is 252 g/mol. The Morgan fingerprint density at radius 1 is 1.39 bits per heavy atom. The summed E-state index contributed by atoms with van der Waals surface area (Å²) in [7, 11) is 0. The van der Waals surface area contributed by atoms with Crippen molar-refractivity contribution in [2.24, 2.45) is 0 Å². The third-order valence-corrected chi connectivity index (χ3v) is 2.11. The maximum absolute atomic E-state index is 11.4. The van der Waals surface area contributed by atoms with E-state index in [1.54, 1.807) is 13.0 Å². The van der Waals surface area contributed by atoms with Crippen molar-refractivity contribution in [3.63, 3.8) is 0 Å². The number of amides is 1. The molecule has 0 atom stereocenters. The standard InChI is InChI=1S/C12H20N4O2/c1-4-6-13-11(17)8-14-10-7-12(18-5-2)16-9(3)15-10/h7H,4-6,8H2,1-3H3,(H,13,17)(H,14,15,16). The zero-order chi connectivity index (χ0) is 13.4. The molecule has 0 spiro atoms. The minimum Gasteiger partial charge on any atom is -0.478 e. The average molecular weight is 252 g/mol. The van der Waals surface area contributed by atoms with Crippen LogP contribution in [0, 0.1) is 6.92 Å². The van der Waals surface area contributed by atoms with Gasteiger partial charge in [0.05, 0.1) is 13.2 Å². The van der Waals surface area contributed by atoms with E-state index < -0.39 is 0 Å². The smallest absolute Gasteiger partial charge is 0.239 e. The van der Waals surface area contributed by atoms with Crippen molar-refractivity contribution >= 4 is 11.7 Å². The van der Waals surface area contributed by atoms with Crippen molar-refractivity contribution in [1.82, 2.24) is 15.3 Å². The number of carbonyl (C=O) groups is 1. The molecule has 0 aliphatic carbocycles. The molecule has 6 heteroatoms. The molecule has 1 heterocycles. The maximum atomic E-state index is 11.4. The van der Waals surface area contributed by atoms with Gasteiger partial charge in [0, 0.05) is 12.6 Å². The van der Waals surface area contributed by atoms with Gasteiger partial charge in [0.15, 0.2) is 0 Å². The van der Waals surface area contributed by atoms with Crippen molar-refractivity contribution in [1.29, 1.82) is 0 Å². The number of nitrogens with one attached hydrogen (secondary N) is 2. The molecule has 0 saturated heterocycles. The highest BCUT2D eigenvalue weighted by molar-refractivity contribution is 5.80. The van der Waals surface area contributed by atoms with Crippen molar-refractivity contribution < 1.29 is 9.53 Å². The number of carbonyl (C=O) groups excluding carboxylic acids is 1. The fourth-order valence-corrected chi connectivity index (χ4v) is 1.35. The van der Waals surface area contributed by atoms with Crippen molar-refractivity contribution in [2.45, 2.75) is 27.2 Å². The number of hydrogen-bond acceptors (Lipinski definition) is 5. The van der Waals surface area contributed by atoms with Crippen LogP contribution in [0.15, 0.2) is 6.07 Å². The van der Waals surface area contributed by atoms with E-state index >= 15 is 0 Å². The first-order valence-corrected chi connectivity index (χ1v) is 6.14. The molecule has 2 N–H and O–H groups in total. The summed E-state index contributed by atoms with van der Waals surface area (Å²) in [4.78, 5) is 19.7. The molecule has 0 aromatic carbocycles. The largest absolute Gasteiger partial charge is 0.478 e. The van der Waals surface area contributed by atoms with Crippen molar-refractivity contribution in [2.75, 3.05) is 25.0 Å². The summed E-state index contributed by atoms with van der Waals surface area (Å²) in [6.45, 7) is 7.12. The number of anilines is 1. The van der Waals surface area contributed by atoms with E-state index in [0.717, 1.165) is 6.42 Å². The van der Waals surface area contributed by atoms with Gasteiger partial charge < -0.3 is 15.4 Å². The van der Waals surface area contributed by atoms with Gasteiger partial charge in [0.1, 0.15) is 11.6 Å². The predicted octanol–water partition coefficient (Wildman–Crippen LogP) is 1.12. The normalized spacial score (nSPS) is 9.94. The van der Waals surface area contributed by atoms with E-state index in [4.69, 9.17) is 4.74 Å². The molecule has 1 amide bonds. The molecule has 100 valence electrons. The van der Waals surface area contributed by atoms with Crippen LogP contribution < -0.4 is 15.4 Å². The van der Waals surface area contributed by atoms with Crippen molar-refractivity contribution in [3.05, 3.63) is 11.9 Å². The van der Waals surface area contributed by atoms with E-state index in [2.05, 4.69) is 20.6 Å². The molecule has 0 radical (unpaired) electrons. The Kier molecular flexibility index (Phi) is 5.90. The highest BCUT2D eigenvalue weighted by atomic mass is 16.5. The molecule has 0 fully saturated rings. The number of rotatable bonds is 7. The molecular formula is C12H20N4O2.